The van der Waals surface area contributed by atoms with E-state index in [1.54, 1.807) is 6.20 Å². The summed E-state index contributed by atoms with van der Waals surface area (Å²) in [4.78, 5) is 21.2. The summed E-state index contributed by atoms with van der Waals surface area (Å²) in [6.07, 6.45) is 4.33. The number of hydrogen-bond donors (Lipinski definition) is 3. The van der Waals surface area contributed by atoms with Gasteiger partial charge in [0.25, 0.3) is 0 Å². The number of H-pyrrole nitrogens is 2. The van der Waals surface area contributed by atoms with Crippen LogP contribution in [-0.4, -0.2) is 25.2 Å². The molecule has 4 aromatic rings. The second-order valence-corrected chi connectivity index (χ2v) is 7.19. The minimum Gasteiger partial charge on any atom is -0.385 e. The number of aromatic amines is 2. The third-order valence-electron chi connectivity index (χ3n) is 5.23. The van der Waals surface area contributed by atoms with E-state index in [9.17, 15) is 9.90 Å². The molecule has 0 unspecified atom stereocenters. The van der Waals surface area contributed by atoms with E-state index >= 15 is 0 Å². The fourth-order valence-corrected chi connectivity index (χ4v) is 3.78. The van der Waals surface area contributed by atoms with Crippen molar-refractivity contribution >= 4 is 22.6 Å². The number of fused-ring (bicyclic) bond motifs is 1. The van der Waals surface area contributed by atoms with Crippen molar-refractivity contribution in [3.05, 3.63) is 57.8 Å². The lowest BCUT2D eigenvalue weighted by molar-refractivity contribution is -0.0387. The second kappa shape index (κ2) is 5.80. The molecule has 1 aliphatic rings. The minimum atomic E-state index is -0.697. The first-order chi connectivity index (χ1) is 13.0. The number of halogens is 1. The van der Waals surface area contributed by atoms with Gasteiger partial charge in [-0.2, -0.15) is 0 Å². The summed E-state index contributed by atoms with van der Waals surface area (Å²) in [5.74, 6) is -0.296. The predicted octanol–water partition coefficient (Wildman–Crippen LogP) is 3.60. The topological polar surface area (TPSA) is 108 Å². The van der Waals surface area contributed by atoms with Crippen LogP contribution in [0, 0.1) is 0 Å². The summed E-state index contributed by atoms with van der Waals surface area (Å²) >= 11 is 6.39. The Labute approximate surface area is 158 Å². The van der Waals surface area contributed by atoms with Crippen LogP contribution in [0.3, 0.4) is 0 Å². The van der Waals surface area contributed by atoms with Gasteiger partial charge < -0.3 is 10.1 Å². The Morgan fingerprint density at radius 1 is 1.19 bits per heavy atom. The molecule has 3 heterocycles. The molecule has 5 rings (SSSR count). The maximum atomic E-state index is 11.3. The summed E-state index contributed by atoms with van der Waals surface area (Å²) in [5, 5.41) is 15.3. The number of nitrogens with one attached hydrogen (secondary N) is 2. The molecular formula is C19H15ClN4O3. The Balaban J connectivity index is 1.60. The molecule has 136 valence electrons. The van der Waals surface area contributed by atoms with E-state index in [1.165, 1.54) is 0 Å². The van der Waals surface area contributed by atoms with Crippen molar-refractivity contribution in [2.24, 2.45) is 0 Å². The highest BCUT2D eigenvalue weighted by atomic mass is 35.5. The largest absolute Gasteiger partial charge is 0.439 e. The molecule has 3 N–H and O–H groups in total. The number of benzene rings is 1. The molecule has 0 radical (unpaired) electrons. The molecule has 0 saturated heterocycles. The van der Waals surface area contributed by atoms with Gasteiger partial charge in [-0.05, 0) is 36.5 Å². The van der Waals surface area contributed by atoms with E-state index in [2.05, 4.69) is 24.6 Å². The van der Waals surface area contributed by atoms with Crippen LogP contribution >= 0.6 is 11.6 Å². The smallest absolute Gasteiger partial charge is 0.385 e. The molecule has 1 fully saturated rings. The molecule has 0 bridgehead atoms. The molecule has 0 aliphatic heterocycles. The number of aromatic nitrogens is 4. The van der Waals surface area contributed by atoms with Gasteiger partial charge >= 0.3 is 5.76 Å². The lowest BCUT2D eigenvalue weighted by Gasteiger charge is -2.37. The van der Waals surface area contributed by atoms with Gasteiger partial charge in [0.15, 0.2) is 5.82 Å². The SMILES string of the molecule is O=c1[nH]c(-c2c[nH]c3nc(Cl)c(-c4ccc(C5(O)CCC5)cc4)cc23)no1. The second-order valence-electron chi connectivity index (χ2n) is 6.83. The minimum absolute atomic E-state index is 0.323. The molecule has 3 aromatic heterocycles. The molecular weight excluding hydrogens is 368 g/mol. The summed E-state index contributed by atoms with van der Waals surface area (Å²) in [6.45, 7) is 0. The van der Waals surface area contributed by atoms with Crippen LogP contribution < -0.4 is 5.76 Å². The monoisotopic (exact) mass is 382 g/mol. The molecule has 0 spiro atoms. The Bertz CT molecular complexity index is 1200. The first kappa shape index (κ1) is 16.3. The average molecular weight is 383 g/mol. The Morgan fingerprint density at radius 2 is 1.96 bits per heavy atom. The summed E-state index contributed by atoms with van der Waals surface area (Å²) in [7, 11) is 0. The van der Waals surface area contributed by atoms with Crippen molar-refractivity contribution in [1.82, 2.24) is 20.1 Å². The third-order valence-corrected chi connectivity index (χ3v) is 5.52. The molecule has 27 heavy (non-hydrogen) atoms. The van der Waals surface area contributed by atoms with Crippen LogP contribution in [-0.2, 0) is 5.60 Å². The molecule has 0 amide bonds. The number of aliphatic hydroxyl groups is 1. The molecule has 0 atom stereocenters. The van der Waals surface area contributed by atoms with E-state index in [0.717, 1.165) is 41.3 Å². The van der Waals surface area contributed by atoms with Crippen molar-refractivity contribution in [1.29, 1.82) is 0 Å². The Kier molecular flexibility index (Phi) is 3.50. The molecule has 8 heteroatoms. The maximum Gasteiger partial charge on any atom is 0.439 e. The lowest BCUT2D eigenvalue weighted by atomic mass is 9.75. The van der Waals surface area contributed by atoms with Gasteiger partial charge in [0.05, 0.1) is 5.60 Å². The zero-order valence-corrected chi connectivity index (χ0v) is 14.9. The Morgan fingerprint density at radius 3 is 2.59 bits per heavy atom. The van der Waals surface area contributed by atoms with E-state index in [4.69, 9.17) is 11.6 Å². The number of nitrogens with zero attached hydrogens (tertiary/aromatic N) is 2. The number of pyridine rings is 1. The van der Waals surface area contributed by atoms with Gasteiger partial charge in [-0.3, -0.25) is 9.51 Å². The zero-order chi connectivity index (χ0) is 18.6. The first-order valence-corrected chi connectivity index (χ1v) is 8.99. The van der Waals surface area contributed by atoms with Gasteiger partial charge in [0.1, 0.15) is 10.8 Å². The van der Waals surface area contributed by atoms with Crippen molar-refractivity contribution in [3.8, 4) is 22.5 Å². The summed E-state index contributed by atoms with van der Waals surface area (Å²) < 4.78 is 4.59. The molecule has 1 aromatic carbocycles. The highest BCUT2D eigenvalue weighted by Crippen LogP contribution is 2.42. The highest BCUT2D eigenvalue weighted by molar-refractivity contribution is 6.32. The van der Waals surface area contributed by atoms with Crippen molar-refractivity contribution in [2.75, 3.05) is 0 Å². The van der Waals surface area contributed by atoms with Crippen LogP contribution in [0.4, 0.5) is 0 Å². The predicted molar refractivity (Wildman–Crippen MR) is 100 cm³/mol. The quantitative estimate of drug-likeness (QED) is 0.469. The van der Waals surface area contributed by atoms with E-state index in [-0.39, 0.29) is 0 Å². The highest BCUT2D eigenvalue weighted by Gasteiger charge is 2.35. The van der Waals surface area contributed by atoms with Gasteiger partial charge in [-0.15, -0.1) is 0 Å². The van der Waals surface area contributed by atoms with Gasteiger partial charge in [-0.1, -0.05) is 41.0 Å². The van der Waals surface area contributed by atoms with E-state index < -0.39 is 11.4 Å². The summed E-state index contributed by atoms with van der Waals surface area (Å²) in [6, 6.07) is 9.64. The number of hydrogen-bond acceptors (Lipinski definition) is 5. The van der Waals surface area contributed by atoms with Gasteiger partial charge in [-0.25, -0.2) is 9.78 Å². The van der Waals surface area contributed by atoms with Gasteiger partial charge in [0.2, 0.25) is 0 Å². The fourth-order valence-electron chi connectivity index (χ4n) is 3.53. The molecule has 7 nitrogen and oxygen atoms in total. The van der Waals surface area contributed by atoms with Crippen LogP contribution in [0.5, 0.6) is 0 Å². The molecule has 1 aliphatic carbocycles. The van der Waals surface area contributed by atoms with Crippen LogP contribution in [0.15, 0.2) is 45.8 Å². The maximum absolute atomic E-state index is 11.3. The van der Waals surface area contributed by atoms with Crippen molar-refractivity contribution < 1.29 is 9.63 Å². The third kappa shape index (κ3) is 2.58. The Hall–Kier alpha value is -2.90. The van der Waals surface area contributed by atoms with E-state index in [0.29, 0.717) is 22.2 Å². The standard InChI is InChI=1S/C19H15ClN4O3/c20-15-12(10-2-4-11(5-3-10)19(26)6-1-7-19)8-13-14(9-21-16(13)22-15)17-23-18(25)27-24-17/h2-5,8-9,26H,1,6-7H2,(H,21,22)(H,23,24,25). The van der Waals surface area contributed by atoms with Crippen LogP contribution in [0.1, 0.15) is 24.8 Å². The normalized spacial score (nSPS) is 15.8. The van der Waals surface area contributed by atoms with Crippen molar-refractivity contribution in [3.63, 3.8) is 0 Å². The lowest BCUT2D eigenvalue weighted by Crippen LogP contribution is -2.33. The summed E-state index contributed by atoms with van der Waals surface area (Å²) in [5.41, 5.74) is 3.12. The average Bonchev–Trinajstić information content (AvgIpc) is 3.24. The zero-order valence-electron chi connectivity index (χ0n) is 14.1. The first-order valence-electron chi connectivity index (χ1n) is 8.61. The van der Waals surface area contributed by atoms with Gasteiger partial charge in [0, 0.05) is 22.7 Å². The van der Waals surface area contributed by atoms with Crippen LogP contribution in [0.25, 0.3) is 33.5 Å². The molecule has 1 saturated carbocycles. The number of rotatable bonds is 3. The fraction of sp³-hybridized carbons (Fsp3) is 0.211. The van der Waals surface area contributed by atoms with Crippen LogP contribution in [0.2, 0.25) is 5.15 Å². The van der Waals surface area contributed by atoms with E-state index in [1.807, 2.05) is 30.3 Å². The van der Waals surface area contributed by atoms with Crippen molar-refractivity contribution in [2.45, 2.75) is 24.9 Å².